The molecule has 0 aromatic carbocycles. The Bertz CT molecular complexity index is 467. The van der Waals surface area contributed by atoms with Crippen LogP contribution in [0.4, 0.5) is 5.69 Å². The van der Waals surface area contributed by atoms with Gasteiger partial charge >= 0.3 is 0 Å². The molecule has 0 radical (unpaired) electrons. The smallest absolute Gasteiger partial charge is 0.0701 e. The van der Waals surface area contributed by atoms with Gasteiger partial charge in [0.05, 0.1) is 32.1 Å². The summed E-state index contributed by atoms with van der Waals surface area (Å²) >= 11 is 0. The van der Waals surface area contributed by atoms with Gasteiger partial charge in [-0.2, -0.15) is 0 Å². The normalized spacial score (nSPS) is 11.9. The maximum atomic E-state index is 5.57. The number of rotatable bonds is 11. The second-order valence-corrected chi connectivity index (χ2v) is 8.27. The van der Waals surface area contributed by atoms with Gasteiger partial charge < -0.3 is 20.5 Å². The molecule has 0 saturated heterocycles. The second-order valence-electron chi connectivity index (χ2n) is 6.03. The van der Waals surface area contributed by atoms with Gasteiger partial charge in [-0.3, -0.25) is 4.98 Å². The lowest BCUT2D eigenvalue weighted by Crippen LogP contribution is -2.16. The average Bonchev–Trinajstić information content (AvgIpc) is 2.48. The van der Waals surface area contributed by atoms with E-state index in [0.29, 0.717) is 38.9 Å². The number of aromatic nitrogens is 1. The molecule has 3 N–H and O–H groups in total. The number of hydrogen-bond donors (Lipinski definition) is 3. The van der Waals surface area contributed by atoms with Crippen LogP contribution in [0.3, 0.4) is 0 Å². The molecule has 6 heteroatoms. The lowest BCUT2D eigenvalue weighted by atomic mass is 10.1. The van der Waals surface area contributed by atoms with E-state index >= 15 is 0 Å². The molecular weight excluding hydrogens is 310 g/mol. The molecule has 0 fully saturated rings. The average molecular weight is 344 g/mol. The number of nitrogens with one attached hydrogen (secondary N) is 1. The highest BCUT2D eigenvalue weighted by Crippen LogP contribution is 2.40. The van der Waals surface area contributed by atoms with E-state index in [-0.39, 0.29) is 10.9 Å². The molecule has 5 nitrogen and oxygen atoms in total. The van der Waals surface area contributed by atoms with Crippen molar-refractivity contribution in [3.8, 4) is 0 Å². The third-order valence-corrected chi connectivity index (χ3v) is 4.70. The van der Waals surface area contributed by atoms with Crippen LogP contribution in [0.25, 0.3) is 0 Å². The Kier molecular flexibility index (Phi) is 9.55. The van der Waals surface area contributed by atoms with Gasteiger partial charge in [0.1, 0.15) is 0 Å². The van der Waals surface area contributed by atoms with Crippen LogP contribution in [0.15, 0.2) is 11.0 Å². The van der Waals surface area contributed by atoms with Gasteiger partial charge in [-0.15, -0.1) is 0 Å². The first kappa shape index (κ1) is 20.2. The largest absolute Gasteiger partial charge is 0.382 e. The Hall–Kier alpha value is -0.820. The number of aryl methyl sites for hydroxylation is 1. The molecule has 0 aliphatic heterocycles. The Balaban J connectivity index is 2.56. The Morgan fingerprint density at radius 3 is 2.39 bits per heavy atom. The number of nitrogens with two attached hydrogens (primary N) is 1. The zero-order valence-corrected chi connectivity index (χ0v) is 16.1. The summed E-state index contributed by atoms with van der Waals surface area (Å²) in [5.41, 5.74) is 8.85. The molecule has 1 heterocycles. The minimum Gasteiger partial charge on any atom is -0.382 e. The van der Waals surface area contributed by atoms with Crippen LogP contribution >= 0.6 is 10.9 Å². The monoisotopic (exact) mass is 343 g/mol. The Morgan fingerprint density at radius 1 is 1.17 bits per heavy atom. The molecule has 0 atom stereocenters. The summed E-state index contributed by atoms with van der Waals surface area (Å²) in [5.74, 6) is 0.436. The molecule has 23 heavy (non-hydrogen) atoms. The first-order valence-electron chi connectivity index (χ1n) is 8.25. The van der Waals surface area contributed by atoms with Crippen LogP contribution in [-0.2, 0) is 9.47 Å². The molecule has 1 aromatic heterocycles. The minimum atomic E-state index is -0.214. The maximum absolute atomic E-state index is 5.57. The van der Waals surface area contributed by atoms with Crippen molar-refractivity contribution in [3.05, 3.63) is 17.5 Å². The molecule has 134 valence electrons. The van der Waals surface area contributed by atoms with Gasteiger partial charge in [0.2, 0.25) is 0 Å². The number of ether oxygens (including phenoxy) is 2. The minimum absolute atomic E-state index is 0.214. The lowest BCUT2D eigenvalue weighted by Gasteiger charge is -2.23. The number of thiol groups is 1. The highest BCUT2D eigenvalue weighted by Gasteiger charge is 2.15. The molecule has 0 bridgehead atoms. The van der Waals surface area contributed by atoms with E-state index < -0.39 is 0 Å². The highest BCUT2D eigenvalue weighted by atomic mass is 32.2. The van der Waals surface area contributed by atoms with E-state index in [1.807, 2.05) is 0 Å². The van der Waals surface area contributed by atoms with Crippen LogP contribution < -0.4 is 11.1 Å². The molecule has 0 unspecified atom stereocenters. The van der Waals surface area contributed by atoms with Crippen molar-refractivity contribution in [1.82, 2.24) is 4.98 Å². The molecule has 1 rings (SSSR count). The summed E-state index contributed by atoms with van der Waals surface area (Å²) < 4.78 is 10.9. The number of hydrogen-bond acceptors (Lipinski definition) is 5. The molecule has 0 aliphatic rings. The van der Waals surface area contributed by atoms with E-state index in [1.54, 1.807) is 0 Å². The van der Waals surface area contributed by atoms with Gasteiger partial charge in [0, 0.05) is 29.4 Å². The summed E-state index contributed by atoms with van der Waals surface area (Å²) in [6.07, 6.45) is 4.56. The van der Waals surface area contributed by atoms with Crippen molar-refractivity contribution in [3.63, 3.8) is 0 Å². The fourth-order valence-electron chi connectivity index (χ4n) is 2.36. The first-order valence-corrected chi connectivity index (χ1v) is 10.5. The number of pyridine rings is 1. The van der Waals surface area contributed by atoms with E-state index in [0.717, 1.165) is 12.2 Å². The summed E-state index contributed by atoms with van der Waals surface area (Å²) in [5, 5.41) is 3.52. The summed E-state index contributed by atoms with van der Waals surface area (Å²) in [7, 11) is -0.214. The third kappa shape index (κ3) is 7.08. The van der Waals surface area contributed by atoms with E-state index in [1.165, 1.54) is 16.3 Å². The zero-order valence-electron chi connectivity index (χ0n) is 15.2. The van der Waals surface area contributed by atoms with E-state index in [4.69, 9.17) is 20.2 Å². The molecular formula is C17H33N3O2S. The van der Waals surface area contributed by atoms with Crippen molar-refractivity contribution in [2.45, 2.75) is 31.6 Å². The fourth-order valence-corrected chi connectivity index (χ4v) is 3.75. The summed E-state index contributed by atoms with van der Waals surface area (Å²) in [6, 6.07) is 2.15. The predicted molar refractivity (Wildman–Crippen MR) is 101 cm³/mol. The van der Waals surface area contributed by atoms with Crippen LogP contribution in [-0.4, -0.2) is 57.0 Å². The van der Waals surface area contributed by atoms with Crippen molar-refractivity contribution in [2.24, 2.45) is 5.73 Å². The van der Waals surface area contributed by atoms with Crippen molar-refractivity contribution in [2.75, 3.05) is 57.3 Å². The lowest BCUT2D eigenvalue weighted by molar-refractivity contribution is 0.0547. The van der Waals surface area contributed by atoms with Crippen molar-refractivity contribution >= 4 is 16.6 Å². The van der Waals surface area contributed by atoms with Gasteiger partial charge in [0.15, 0.2) is 0 Å². The molecule has 1 aromatic rings. The first-order chi connectivity index (χ1) is 11.0. The van der Waals surface area contributed by atoms with Gasteiger partial charge in [-0.1, -0.05) is 13.8 Å². The Labute approximate surface area is 143 Å². The molecule has 0 saturated carbocycles. The van der Waals surface area contributed by atoms with E-state index in [9.17, 15) is 0 Å². The molecule has 0 amide bonds. The molecule has 0 aliphatic carbocycles. The number of anilines is 1. The molecule has 0 spiro atoms. The second kappa shape index (κ2) is 10.9. The standard InChI is InChI=1S/C17H33N3O2S/c1-13(2)16-17(23(4)5)15(12-14(3)20-16)19-7-9-22-11-10-21-8-6-18/h12-13,23H,6-11,18H2,1-5H3,(H,19,20). The SMILES string of the molecule is Cc1cc(NCCOCCOCCN)c([SH](C)C)c(C(C)C)n1. The van der Waals surface area contributed by atoms with Gasteiger partial charge in [0.25, 0.3) is 0 Å². The van der Waals surface area contributed by atoms with Crippen LogP contribution in [0.2, 0.25) is 0 Å². The topological polar surface area (TPSA) is 69.4 Å². The summed E-state index contributed by atoms with van der Waals surface area (Å²) in [4.78, 5) is 6.14. The highest BCUT2D eigenvalue weighted by molar-refractivity contribution is 8.16. The van der Waals surface area contributed by atoms with Gasteiger partial charge in [-0.05, 0) is 31.4 Å². The third-order valence-electron chi connectivity index (χ3n) is 3.34. The number of nitrogens with zero attached hydrogens (tertiary/aromatic N) is 1. The summed E-state index contributed by atoms with van der Waals surface area (Å²) in [6.45, 7) is 10.3. The zero-order chi connectivity index (χ0) is 17.2. The van der Waals surface area contributed by atoms with Crippen LogP contribution in [0.1, 0.15) is 31.2 Å². The predicted octanol–water partition coefficient (Wildman–Crippen LogP) is 2.54. The Morgan fingerprint density at radius 2 is 1.83 bits per heavy atom. The fraction of sp³-hybridized carbons (Fsp3) is 0.706. The van der Waals surface area contributed by atoms with Gasteiger partial charge in [-0.25, -0.2) is 10.9 Å². The maximum Gasteiger partial charge on any atom is 0.0701 e. The quantitative estimate of drug-likeness (QED) is 0.425. The van der Waals surface area contributed by atoms with Crippen molar-refractivity contribution < 1.29 is 9.47 Å². The van der Waals surface area contributed by atoms with Crippen LogP contribution in [0, 0.1) is 6.92 Å². The van der Waals surface area contributed by atoms with Crippen LogP contribution in [0.5, 0.6) is 0 Å². The van der Waals surface area contributed by atoms with Crippen molar-refractivity contribution in [1.29, 1.82) is 0 Å². The van der Waals surface area contributed by atoms with E-state index in [2.05, 4.69) is 44.7 Å².